The molecule has 1 aromatic heterocycles. The normalized spacial score (nSPS) is 18.7. The van der Waals surface area contributed by atoms with Gasteiger partial charge < -0.3 is 14.8 Å². The molecule has 0 saturated carbocycles. The minimum absolute atomic E-state index is 0.235. The van der Waals surface area contributed by atoms with E-state index in [1.54, 1.807) is 31.5 Å². The lowest BCUT2D eigenvalue weighted by molar-refractivity contribution is 0.138. The Morgan fingerprint density at radius 2 is 2.17 bits per heavy atom. The summed E-state index contributed by atoms with van der Waals surface area (Å²) in [5.74, 6) is 1.000. The smallest absolute Gasteiger partial charge is 0.162 e. The monoisotopic (exact) mass is 336 g/mol. The number of aromatic nitrogens is 1. The number of nitrogens with zero attached hydrogens (tertiary/aromatic N) is 1. The first-order chi connectivity index (χ1) is 11.2. The summed E-state index contributed by atoms with van der Waals surface area (Å²) in [6.07, 6.45) is 3.49. The number of hydrogen-bond acceptors (Lipinski definition) is 4. The lowest BCUT2D eigenvalue weighted by Gasteiger charge is -2.25. The Kier molecular flexibility index (Phi) is 4.98. The Bertz CT molecular complexity index is 677. The van der Waals surface area contributed by atoms with Gasteiger partial charge in [0.1, 0.15) is 11.9 Å². The van der Waals surface area contributed by atoms with Crippen molar-refractivity contribution in [3.05, 3.63) is 53.1 Å². The summed E-state index contributed by atoms with van der Waals surface area (Å²) >= 11 is 5.99. The molecule has 2 heterocycles. The lowest BCUT2D eigenvalue weighted by atomic mass is 9.96. The van der Waals surface area contributed by atoms with Gasteiger partial charge in [0, 0.05) is 35.3 Å². The van der Waals surface area contributed by atoms with Crippen LogP contribution in [0, 0.1) is 11.7 Å². The molecule has 1 aliphatic heterocycles. The molecule has 1 N–H and O–H groups in total. The van der Waals surface area contributed by atoms with Crippen LogP contribution in [0.2, 0.25) is 5.02 Å². The van der Waals surface area contributed by atoms with Crippen LogP contribution in [0.4, 0.5) is 4.39 Å². The van der Waals surface area contributed by atoms with E-state index in [-0.39, 0.29) is 17.8 Å². The van der Waals surface area contributed by atoms with Gasteiger partial charge in [-0.05, 0) is 31.2 Å². The molecule has 1 aromatic carbocycles. The fraction of sp³-hybridized carbons (Fsp3) is 0.353. The van der Waals surface area contributed by atoms with E-state index in [0.29, 0.717) is 16.5 Å². The molecule has 0 radical (unpaired) electrons. The molecule has 0 amide bonds. The van der Waals surface area contributed by atoms with Crippen LogP contribution in [0.5, 0.6) is 11.5 Å². The topological polar surface area (TPSA) is 43.4 Å². The molecule has 2 atom stereocenters. The summed E-state index contributed by atoms with van der Waals surface area (Å²) < 4.78 is 25.1. The van der Waals surface area contributed by atoms with Crippen molar-refractivity contribution in [1.82, 2.24) is 10.3 Å². The fourth-order valence-electron chi connectivity index (χ4n) is 2.83. The molecule has 0 unspecified atom stereocenters. The third-order valence-corrected chi connectivity index (χ3v) is 4.20. The van der Waals surface area contributed by atoms with Crippen molar-refractivity contribution in [1.29, 1.82) is 0 Å². The largest absolute Gasteiger partial charge is 0.493 e. The Balaban J connectivity index is 1.93. The molecule has 1 fully saturated rings. The lowest BCUT2D eigenvalue weighted by Crippen LogP contribution is -2.22. The minimum atomic E-state index is -0.370. The highest BCUT2D eigenvalue weighted by Crippen LogP contribution is 2.37. The number of hydrogen-bond donors (Lipinski definition) is 1. The summed E-state index contributed by atoms with van der Waals surface area (Å²) in [6.45, 7) is 1.74. The molecule has 4 nitrogen and oxygen atoms in total. The van der Waals surface area contributed by atoms with Gasteiger partial charge in [-0.3, -0.25) is 4.98 Å². The Labute approximate surface area is 139 Å². The van der Waals surface area contributed by atoms with Gasteiger partial charge in [-0.25, -0.2) is 4.39 Å². The predicted molar refractivity (Wildman–Crippen MR) is 86.5 cm³/mol. The number of nitrogens with one attached hydrogen (secondary N) is 1. The first kappa shape index (κ1) is 16.0. The maximum Gasteiger partial charge on any atom is 0.162 e. The van der Waals surface area contributed by atoms with Crippen LogP contribution in [0.1, 0.15) is 18.1 Å². The Morgan fingerprint density at radius 1 is 1.30 bits per heavy atom. The van der Waals surface area contributed by atoms with Crippen molar-refractivity contribution in [2.45, 2.75) is 12.5 Å². The van der Waals surface area contributed by atoms with E-state index < -0.39 is 0 Å². The Morgan fingerprint density at radius 3 is 2.87 bits per heavy atom. The number of halogens is 2. The van der Waals surface area contributed by atoms with Crippen molar-refractivity contribution in [2.75, 3.05) is 20.2 Å². The first-order valence-corrected chi connectivity index (χ1v) is 7.86. The van der Waals surface area contributed by atoms with Crippen molar-refractivity contribution in [3.8, 4) is 11.5 Å². The summed E-state index contributed by atoms with van der Waals surface area (Å²) in [5, 5.41) is 3.88. The van der Waals surface area contributed by atoms with Crippen molar-refractivity contribution >= 4 is 11.6 Å². The molecular weight excluding hydrogens is 319 g/mol. The van der Waals surface area contributed by atoms with Gasteiger partial charge in [-0.1, -0.05) is 11.6 Å². The van der Waals surface area contributed by atoms with Gasteiger partial charge in [0.05, 0.1) is 13.3 Å². The molecule has 0 bridgehead atoms. The number of methoxy groups -OCH3 is 1. The first-order valence-electron chi connectivity index (χ1n) is 7.48. The van der Waals surface area contributed by atoms with E-state index in [2.05, 4.69) is 10.3 Å². The molecule has 3 rings (SSSR count). The van der Waals surface area contributed by atoms with Gasteiger partial charge >= 0.3 is 0 Å². The van der Waals surface area contributed by atoms with Crippen molar-refractivity contribution < 1.29 is 13.9 Å². The second kappa shape index (κ2) is 7.15. The summed E-state index contributed by atoms with van der Waals surface area (Å²) in [5.41, 5.74) is 0.718. The SMILES string of the molecule is COc1cc(Cl)ccc1O[C@@H](c1cncc(F)c1)[C@H]1CCNC1. The molecule has 0 aliphatic carbocycles. The predicted octanol–water partition coefficient (Wildman–Crippen LogP) is 3.61. The van der Waals surface area contributed by atoms with Gasteiger partial charge in [0.2, 0.25) is 0 Å². The van der Waals surface area contributed by atoms with Crippen LogP contribution in [0.15, 0.2) is 36.7 Å². The van der Waals surface area contributed by atoms with Crippen LogP contribution in [0.25, 0.3) is 0 Å². The van der Waals surface area contributed by atoms with E-state index in [1.807, 2.05) is 0 Å². The van der Waals surface area contributed by atoms with Crippen LogP contribution in [0.3, 0.4) is 0 Å². The fourth-order valence-corrected chi connectivity index (χ4v) is 2.99. The average Bonchev–Trinajstić information content (AvgIpc) is 3.07. The van der Waals surface area contributed by atoms with Gasteiger partial charge in [0.25, 0.3) is 0 Å². The molecule has 122 valence electrons. The highest BCUT2D eigenvalue weighted by molar-refractivity contribution is 6.30. The number of rotatable bonds is 5. The van der Waals surface area contributed by atoms with Crippen LogP contribution in [-0.4, -0.2) is 25.2 Å². The molecule has 1 saturated heterocycles. The number of benzene rings is 1. The van der Waals surface area contributed by atoms with E-state index in [1.165, 1.54) is 12.3 Å². The summed E-state index contributed by atoms with van der Waals surface area (Å²) in [7, 11) is 1.56. The van der Waals surface area contributed by atoms with Gasteiger partial charge in [-0.15, -0.1) is 0 Å². The highest BCUT2D eigenvalue weighted by Gasteiger charge is 2.29. The van der Waals surface area contributed by atoms with Gasteiger partial charge in [-0.2, -0.15) is 0 Å². The summed E-state index contributed by atoms with van der Waals surface area (Å²) in [4.78, 5) is 3.95. The third-order valence-electron chi connectivity index (χ3n) is 3.96. The van der Waals surface area contributed by atoms with Crippen LogP contribution in [-0.2, 0) is 0 Å². The van der Waals surface area contributed by atoms with E-state index >= 15 is 0 Å². The van der Waals surface area contributed by atoms with E-state index in [4.69, 9.17) is 21.1 Å². The van der Waals surface area contributed by atoms with E-state index in [9.17, 15) is 4.39 Å². The van der Waals surface area contributed by atoms with Crippen molar-refractivity contribution in [2.24, 2.45) is 5.92 Å². The zero-order valence-corrected chi connectivity index (χ0v) is 13.5. The zero-order chi connectivity index (χ0) is 16.2. The standard InChI is InChI=1S/C17H18ClFN2O2/c1-22-16-7-13(18)2-3-15(16)23-17(11-4-5-20-8-11)12-6-14(19)10-21-9-12/h2-3,6-7,9-11,17,20H,4-5,8H2,1H3/t11-,17+/m0/s1. The molecule has 23 heavy (non-hydrogen) atoms. The highest BCUT2D eigenvalue weighted by atomic mass is 35.5. The molecular formula is C17H18ClFN2O2. The second-order valence-corrected chi connectivity index (χ2v) is 5.96. The summed E-state index contributed by atoms with van der Waals surface area (Å²) in [6, 6.07) is 6.68. The second-order valence-electron chi connectivity index (χ2n) is 5.52. The third kappa shape index (κ3) is 3.74. The maximum absolute atomic E-state index is 13.6. The zero-order valence-electron chi connectivity index (χ0n) is 12.8. The Hall–Kier alpha value is -1.85. The number of pyridine rings is 1. The average molecular weight is 337 g/mol. The van der Waals surface area contributed by atoms with Gasteiger partial charge in [0.15, 0.2) is 11.5 Å². The van der Waals surface area contributed by atoms with E-state index in [0.717, 1.165) is 25.1 Å². The minimum Gasteiger partial charge on any atom is -0.493 e. The molecule has 6 heteroatoms. The van der Waals surface area contributed by atoms with Crippen molar-refractivity contribution in [3.63, 3.8) is 0 Å². The number of ether oxygens (including phenoxy) is 2. The maximum atomic E-state index is 13.6. The van der Waals surface area contributed by atoms with Crippen LogP contribution < -0.4 is 14.8 Å². The quantitative estimate of drug-likeness (QED) is 0.905. The molecule has 2 aromatic rings. The molecule has 0 spiro atoms. The molecule has 1 aliphatic rings. The van der Waals surface area contributed by atoms with Crippen LogP contribution >= 0.6 is 11.6 Å².